The van der Waals surface area contributed by atoms with Crippen molar-refractivity contribution in [3.05, 3.63) is 35.7 Å². The molecule has 0 saturated carbocycles. The minimum Gasteiger partial charge on any atom is -0.463 e. The molecular weight excluding hydrogens is 471 g/mol. The van der Waals surface area contributed by atoms with E-state index in [0.29, 0.717) is 5.56 Å². The first-order chi connectivity index (χ1) is 16.5. The van der Waals surface area contributed by atoms with Gasteiger partial charge in [-0.1, -0.05) is 12.1 Å². The number of aldehydes is 1. The summed E-state index contributed by atoms with van der Waals surface area (Å²) in [5, 5.41) is 0. The second kappa shape index (κ2) is 12.6. The van der Waals surface area contributed by atoms with Gasteiger partial charge in [0.1, 0.15) is 18.5 Å². The number of benzene rings is 1. The maximum absolute atomic E-state index is 13.2. The highest BCUT2D eigenvalue weighted by molar-refractivity contribution is 5.78. The number of hydrogen-bond acceptors (Lipinski definition) is 11. The third kappa shape index (κ3) is 8.49. The van der Waals surface area contributed by atoms with Crippen LogP contribution in [-0.4, -0.2) is 67.5 Å². The zero-order chi connectivity index (χ0) is 26.1. The van der Waals surface area contributed by atoms with Crippen molar-refractivity contribution in [2.75, 3.05) is 6.61 Å². The Hall–Kier alpha value is -3.80. The largest absolute Gasteiger partial charge is 0.463 e. The number of carbonyl (C=O) groups excluding carboxylic acids is 5. The molecule has 1 aliphatic rings. The second-order valence-electron chi connectivity index (χ2n) is 7.40. The van der Waals surface area contributed by atoms with Gasteiger partial charge in [0.15, 0.2) is 24.3 Å². The number of esters is 4. The molecule has 0 N–H and O–H groups in total. The Morgan fingerprint density at radius 2 is 1.40 bits per heavy atom. The molecule has 5 atom stereocenters. The van der Waals surface area contributed by atoms with Crippen LogP contribution in [0.3, 0.4) is 0 Å². The summed E-state index contributed by atoms with van der Waals surface area (Å²) in [5.41, 5.74) is 0.364. The lowest BCUT2D eigenvalue weighted by Crippen LogP contribution is -2.63. The Labute approximate surface area is 200 Å². The Morgan fingerprint density at radius 3 is 1.91 bits per heavy atom. The predicted molar refractivity (Wildman–Crippen MR) is 114 cm³/mol. The van der Waals surface area contributed by atoms with Gasteiger partial charge in [0.25, 0.3) is 0 Å². The third-order valence-electron chi connectivity index (χ3n) is 4.50. The minimum absolute atomic E-state index is 0.0575. The lowest BCUT2D eigenvalue weighted by Gasteiger charge is -2.43. The zero-order valence-corrected chi connectivity index (χ0v) is 19.4. The number of carbonyl (C=O) groups is 5. The van der Waals surface area contributed by atoms with Crippen LogP contribution in [0.1, 0.15) is 33.3 Å². The fraction of sp³-hybridized carbons (Fsp3) is 0.435. The van der Waals surface area contributed by atoms with E-state index in [9.17, 15) is 28.4 Å². The molecule has 1 heterocycles. The molecule has 0 unspecified atom stereocenters. The predicted octanol–water partition coefficient (Wildman–Crippen LogP) is 1.66. The van der Waals surface area contributed by atoms with E-state index in [1.165, 1.54) is 24.3 Å². The molecule has 190 valence electrons. The SMILES string of the molecule is CC(=O)OC[C@H]1O[C@@H](Oc2ccc(/C=C(\F)C=O)cc2)[C@H](OC(C)=O)[C@@H](OC(C)=O)[C@@H]1OC(C)=O. The van der Waals surface area contributed by atoms with Gasteiger partial charge >= 0.3 is 23.9 Å². The van der Waals surface area contributed by atoms with E-state index in [-0.39, 0.29) is 12.0 Å². The van der Waals surface area contributed by atoms with E-state index in [0.717, 1.165) is 33.8 Å². The summed E-state index contributed by atoms with van der Waals surface area (Å²) in [7, 11) is 0. The van der Waals surface area contributed by atoms with Gasteiger partial charge in [-0.25, -0.2) is 4.39 Å². The monoisotopic (exact) mass is 496 g/mol. The van der Waals surface area contributed by atoms with Crippen LogP contribution in [-0.2, 0) is 47.7 Å². The van der Waals surface area contributed by atoms with E-state index in [4.69, 9.17) is 28.4 Å². The molecule has 0 radical (unpaired) electrons. The summed E-state index contributed by atoms with van der Waals surface area (Å²) in [6.45, 7) is 4.09. The molecule has 12 heteroatoms. The van der Waals surface area contributed by atoms with Gasteiger partial charge in [0.2, 0.25) is 12.4 Å². The molecule has 2 rings (SSSR count). The fourth-order valence-corrected chi connectivity index (χ4v) is 3.25. The van der Waals surface area contributed by atoms with Crippen LogP contribution in [0.15, 0.2) is 30.1 Å². The Balaban J connectivity index is 2.42. The van der Waals surface area contributed by atoms with Crippen molar-refractivity contribution >= 4 is 36.2 Å². The standard InChI is InChI=1S/C23H25FO11/c1-12(26)30-11-19-20(31-13(2)27)21(32-14(3)28)22(33-15(4)29)23(35-19)34-18-7-5-16(6-8-18)9-17(24)10-25/h5-10,19-23H,11H2,1-4H3/b17-9-/t19-,20-,21+,22-,23-/m1/s1. The fourth-order valence-electron chi connectivity index (χ4n) is 3.25. The summed E-state index contributed by atoms with van der Waals surface area (Å²) in [6.07, 6.45) is -5.56. The molecular formula is C23H25FO11. The van der Waals surface area contributed by atoms with Gasteiger partial charge in [-0.2, -0.15) is 0 Å². The van der Waals surface area contributed by atoms with Crippen LogP contribution in [0.25, 0.3) is 6.08 Å². The molecule has 1 aromatic carbocycles. The van der Waals surface area contributed by atoms with Crippen molar-refractivity contribution in [2.24, 2.45) is 0 Å². The Morgan fingerprint density at radius 1 is 0.857 bits per heavy atom. The van der Waals surface area contributed by atoms with Crippen molar-refractivity contribution < 1.29 is 56.8 Å². The molecule has 0 aromatic heterocycles. The minimum atomic E-state index is -1.40. The lowest BCUT2D eigenvalue weighted by molar-refractivity contribution is -0.288. The van der Waals surface area contributed by atoms with Crippen LogP contribution >= 0.6 is 0 Å². The number of rotatable bonds is 9. The van der Waals surface area contributed by atoms with Gasteiger partial charge < -0.3 is 28.4 Å². The van der Waals surface area contributed by atoms with E-state index >= 15 is 0 Å². The van der Waals surface area contributed by atoms with Crippen molar-refractivity contribution in [3.63, 3.8) is 0 Å². The number of allylic oxidation sites excluding steroid dienone is 1. The highest BCUT2D eigenvalue weighted by Crippen LogP contribution is 2.31. The number of hydrogen-bond donors (Lipinski definition) is 0. The first-order valence-corrected chi connectivity index (χ1v) is 10.4. The van der Waals surface area contributed by atoms with Crippen molar-refractivity contribution in [3.8, 4) is 5.75 Å². The topological polar surface area (TPSA) is 141 Å². The van der Waals surface area contributed by atoms with Crippen LogP contribution in [0, 0.1) is 0 Å². The first-order valence-electron chi connectivity index (χ1n) is 10.4. The summed E-state index contributed by atoms with van der Waals surface area (Å²) < 4.78 is 45.7. The zero-order valence-electron chi connectivity index (χ0n) is 19.4. The summed E-state index contributed by atoms with van der Waals surface area (Å²) in [5.74, 6) is -3.74. The number of ether oxygens (including phenoxy) is 6. The van der Waals surface area contributed by atoms with E-state index in [1.807, 2.05) is 0 Å². The number of halogens is 1. The van der Waals surface area contributed by atoms with Gasteiger partial charge in [-0.3, -0.25) is 24.0 Å². The van der Waals surface area contributed by atoms with E-state index < -0.39 is 67.0 Å². The molecule has 1 fully saturated rings. The highest BCUT2D eigenvalue weighted by atomic mass is 19.1. The highest BCUT2D eigenvalue weighted by Gasteiger charge is 2.53. The van der Waals surface area contributed by atoms with Crippen molar-refractivity contribution in [1.82, 2.24) is 0 Å². The molecule has 1 saturated heterocycles. The molecule has 1 aliphatic heterocycles. The maximum Gasteiger partial charge on any atom is 0.303 e. The van der Waals surface area contributed by atoms with Crippen molar-refractivity contribution in [2.45, 2.75) is 58.4 Å². The lowest BCUT2D eigenvalue weighted by atomic mass is 9.98. The molecule has 35 heavy (non-hydrogen) atoms. The van der Waals surface area contributed by atoms with Crippen molar-refractivity contribution in [1.29, 1.82) is 0 Å². The average Bonchev–Trinajstić information content (AvgIpc) is 2.76. The normalized spacial score (nSPS) is 24.0. The quantitative estimate of drug-likeness (QED) is 0.213. The molecule has 1 aromatic rings. The van der Waals surface area contributed by atoms with Gasteiger partial charge in [0, 0.05) is 27.7 Å². The summed E-state index contributed by atoms with van der Waals surface area (Å²) >= 11 is 0. The smallest absolute Gasteiger partial charge is 0.303 e. The molecule has 11 nitrogen and oxygen atoms in total. The second-order valence-corrected chi connectivity index (χ2v) is 7.40. The summed E-state index contributed by atoms with van der Waals surface area (Å²) in [4.78, 5) is 57.2. The van der Waals surface area contributed by atoms with Crippen LogP contribution in [0.4, 0.5) is 4.39 Å². The van der Waals surface area contributed by atoms with Gasteiger partial charge in [-0.05, 0) is 23.8 Å². The molecule has 0 bridgehead atoms. The van der Waals surface area contributed by atoms with Gasteiger partial charge in [-0.15, -0.1) is 0 Å². The van der Waals surface area contributed by atoms with Crippen LogP contribution in [0.5, 0.6) is 5.75 Å². The Kier molecular flexibility index (Phi) is 9.88. The van der Waals surface area contributed by atoms with E-state index in [2.05, 4.69) is 0 Å². The summed E-state index contributed by atoms with van der Waals surface area (Å²) in [6, 6.07) is 5.75. The Bertz CT molecular complexity index is 972. The van der Waals surface area contributed by atoms with Gasteiger partial charge in [0.05, 0.1) is 0 Å². The van der Waals surface area contributed by atoms with Crippen LogP contribution in [0.2, 0.25) is 0 Å². The molecule has 0 amide bonds. The van der Waals surface area contributed by atoms with E-state index in [1.54, 1.807) is 0 Å². The van der Waals surface area contributed by atoms with Crippen LogP contribution < -0.4 is 4.74 Å². The maximum atomic E-state index is 13.2. The molecule has 0 spiro atoms. The average molecular weight is 496 g/mol. The first kappa shape index (κ1) is 27.4. The third-order valence-corrected chi connectivity index (χ3v) is 4.50. The molecule has 0 aliphatic carbocycles.